The Morgan fingerprint density at radius 3 is 2.62 bits per heavy atom. The van der Waals surface area contributed by atoms with E-state index in [1.807, 2.05) is 6.92 Å². The van der Waals surface area contributed by atoms with Crippen LogP contribution in [0.5, 0.6) is 5.75 Å². The number of carbonyl (C=O) groups excluding carboxylic acids is 2. The first kappa shape index (κ1) is 15.8. The van der Waals surface area contributed by atoms with Gasteiger partial charge in [0, 0.05) is 17.6 Å². The molecule has 0 spiro atoms. The summed E-state index contributed by atoms with van der Waals surface area (Å²) < 4.78 is 10.7. The zero-order valence-corrected chi connectivity index (χ0v) is 13.8. The molecule has 5 nitrogen and oxygen atoms in total. The smallest absolute Gasteiger partial charge is 0.310 e. The van der Waals surface area contributed by atoms with Crippen molar-refractivity contribution in [1.82, 2.24) is 4.90 Å². The lowest BCUT2D eigenvalue weighted by Crippen LogP contribution is -2.30. The first-order chi connectivity index (χ1) is 9.97. The van der Waals surface area contributed by atoms with Crippen molar-refractivity contribution in [3.63, 3.8) is 0 Å². The number of rotatable bonds is 3. The summed E-state index contributed by atoms with van der Waals surface area (Å²) in [6, 6.07) is 5.26. The Kier molecular flexibility index (Phi) is 4.88. The molecule has 1 amide bonds. The average Bonchev–Trinajstić information content (AvgIpc) is 2.88. The Morgan fingerprint density at radius 2 is 2.00 bits per heavy atom. The molecule has 0 N–H and O–H groups in total. The topological polar surface area (TPSA) is 55.8 Å². The van der Waals surface area contributed by atoms with Crippen molar-refractivity contribution < 1.29 is 19.1 Å². The predicted molar refractivity (Wildman–Crippen MR) is 81.3 cm³/mol. The number of carbonyl (C=O) groups is 2. The van der Waals surface area contributed by atoms with Crippen LogP contribution < -0.4 is 4.74 Å². The molecule has 0 aliphatic carbocycles. The summed E-state index contributed by atoms with van der Waals surface area (Å²) in [5.41, 5.74) is 0.534. The molecule has 0 aromatic heterocycles. The Balaban J connectivity index is 2.20. The maximum atomic E-state index is 12.6. The lowest BCUT2D eigenvalue weighted by atomic mass is 9.99. The Hall–Kier alpha value is -1.56. The summed E-state index contributed by atoms with van der Waals surface area (Å²) in [6.07, 6.45) is 0. The number of amides is 1. The van der Waals surface area contributed by atoms with Gasteiger partial charge in [0.2, 0.25) is 0 Å². The van der Waals surface area contributed by atoms with Crippen molar-refractivity contribution in [2.75, 3.05) is 27.3 Å². The van der Waals surface area contributed by atoms with E-state index in [1.54, 1.807) is 30.2 Å². The number of likely N-dealkylation sites (tertiary alicyclic amines) is 1. The highest BCUT2D eigenvalue weighted by molar-refractivity contribution is 9.10. The number of methoxy groups -OCH3 is 2. The first-order valence-electron chi connectivity index (χ1n) is 6.68. The van der Waals surface area contributed by atoms with E-state index in [2.05, 4.69) is 15.9 Å². The third-order valence-corrected chi connectivity index (χ3v) is 4.50. The van der Waals surface area contributed by atoms with Crippen molar-refractivity contribution in [3.8, 4) is 5.75 Å². The van der Waals surface area contributed by atoms with Crippen LogP contribution in [0.4, 0.5) is 0 Å². The van der Waals surface area contributed by atoms with Gasteiger partial charge in [-0.25, -0.2) is 0 Å². The van der Waals surface area contributed by atoms with Crippen LogP contribution in [0.2, 0.25) is 0 Å². The minimum absolute atomic E-state index is 0.0887. The highest BCUT2D eigenvalue weighted by atomic mass is 79.9. The lowest BCUT2D eigenvalue weighted by molar-refractivity contribution is -0.146. The SMILES string of the molecule is COC(=O)C1CN(C(=O)c2cc(OC)ccc2Br)CC1C. The number of ether oxygens (including phenoxy) is 2. The van der Waals surface area contributed by atoms with Crippen LogP contribution in [0, 0.1) is 11.8 Å². The second-order valence-electron chi connectivity index (χ2n) is 5.16. The summed E-state index contributed by atoms with van der Waals surface area (Å²) in [6.45, 7) is 2.88. The molecular weight excluding hydrogens is 338 g/mol. The van der Waals surface area contributed by atoms with Crippen LogP contribution in [0.15, 0.2) is 22.7 Å². The van der Waals surface area contributed by atoms with Crippen molar-refractivity contribution in [1.29, 1.82) is 0 Å². The fourth-order valence-corrected chi connectivity index (χ4v) is 2.97. The largest absolute Gasteiger partial charge is 0.497 e. The minimum atomic E-state index is -0.262. The van der Waals surface area contributed by atoms with E-state index in [1.165, 1.54) is 7.11 Å². The third-order valence-electron chi connectivity index (χ3n) is 3.81. The molecule has 0 radical (unpaired) electrons. The molecular formula is C15H18BrNO4. The van der Waals surface area contributed by atoms with E-state index in [9.17, 15) is 9.59 Å². The Morgan fingerprint density at radius 1 is 1.29 bits per heavy atom. The molecule has 1 aromatic rings. The van der Waals surface area contributed by atoms with Gasteiger partial charge in [-0.15, -0.1) is 0 Å². The summed E-state index contributed by atoms with van der Waals surface area (Å²) in [7, 11) is 2.93. The monoisotopic (exact) mass is 355 g/mol. The molecule has 6 heteroatoms. The van der Waals surface area contributed by atoms with Gasteiger partial charge in [-0.2, -0.15) is 0 Å². The molecule has 1 fully saturated rings. The molecule has 1 aliphatic rings. The molecule has 0 bridgehead atoms. The Bertz CT molecular complexity index is 561. The summed E-state index contributed by atoms with van der Waals surface area (Å²) >= 11 is 3.39. The Labute approximate surface area is 132 Å². The van der Waals surface area contributed by atoms with Crippen LogP contribution in [0.25, 0.3) is 0 Å². The zero-order chi connectivity index (χ0) is 15.6. The van der Waals surface area contributed by atoms with Gasteiger partial charge in [-0.05, 0) is 40.0 Å². The molecule has 1 aromatic carbocycles. The molecule has 21 heavy (non-hydrogen) atoms. The normalized spacial score (nSPS) is 21.2. The maximum Gasteiger partial charge on any atom is 0.310 e. The second kappa shape index (κ2) is 6.47. The molecule has 1 heterocycles. The van der Waals surface area contributed by atoms with Gasteiger partial charge in [0.05, 0.1) is 25.7 Å². The van der Waals surface area contributed by atoms with Gasteiger partial charge in [0.15, 0.2) is 0 Å². The van der Waals surface area contributed by atoms with Crippen LogP contribution in [0.1, 0.15) is 17.3 Å². The maximum absolute atomic E-state index is 12.6. The predicted octanol–water partition coefficient (Wildman–Crippen LogP) is 2.34. The van der Waals surface area contributed by atoms with Crippen molar-refractivity contribution in [2.24, 2.45) is 11.8 Å². The zero-order valence-electron chi connectivity index (χ0n) is 12.3. The number of hydrogen-bond donors (Lipinski definition) is 0. The van der Waals surface area contributed by atoms with Gasteiger partial charge in [0.1, 0.15) is 5.75 Å². The molecule has 1 saturated heterocycles. The van der Waals surface area contributed by atoms with E-state index < -0.39 is 0 Å². The first-order valence-corrected chi connectivity index (χ1v) is 7.47. The van der Waals surface area contributed by atoms with E-state index in [0.29, 0.717) is 28.9 Å². The second-order valence-corrected chi connectivity index (χ2v) is 6.02. The van der Waals surface area contributed by atoms with E-state index in [0.717, 1.165) is 0 Å². The molecule has 2 unspecified atom stereocenters. The number of esters is 1. The van der Waals surface area contributed by atoms with Crippen LogP contribution in [0.3, 0.4) is 0 Å². The van der Waals surface area contributed by atoms with Crippen LogP contribution >= 0.6 is 15.9 Å². The van der Waals surface area contributed by atoms with Gasteiger partial charge in [-0.1, -0.05) is 6.92 Å². The van der Waals surface area contributed by atoms with E-state index in [-0.39, 0.29) is 23.7 Å². The summed E-state index contributed by atoms with van der Waals surface area (Å²) in [5, 5.41) is 0. The average molecular weight is 356 g/mol. The highest BCUT2D eigenvalue weighted by Crippen LogP contribution is 2.29. The van der Waals surface area contributed by atoms with Crippen LogP contribution in [-0.4, -0.2) is 44.1 Å². The molecule has 0 saturated carbocycles. The molecule has 2 rings (SSSR count). The molecule has 1 aliphatic heterocycles. The van der Waals surface area contributed by atoms with Crippen molar-refractivity contribution >= 4 is 27.8 Å². The van der Waals surface area contributed by atoms with Gasteiger partial charge < -0.3 is 14.4 Å². The van der Waals surface area contributed by atoms with E-state index >= 15 is 0 Å². The van der Waals surface area contributed by atoms with Gasteiger partial charge >= 0.3 is 5.97 Å². The molecule has 114 valence electrons. The van der Waals surface area contributed by atoms with Gasteiger partial charge in [-0.3, -0.25) is 9.59 Å². The number of halogens is 1. The standard InChI is InChI=1S/C15H18BrNO4/c1-9-7-17(8-12(9)15(19)21-3)14(18)11-6-10(20-2)4-5-13(11)16/h4-6,9,12H,7-8H2,1-3H3. The number of benzene rings is 1. The summed E-state index contributed by atoms with van der Waals surface area (Å²) in [4.78, 5) is 26.0. The quantitative estimate of drug-likeness (QED) is 0.781. The lowest BCUT2D eigenvalue weighted by Gasteiger charge is -2.17. The minimum Gasteiger partial charge on any atom is -0.497 e. The summed E-state index contributed by atoms with van der Waals surface area (Å²) in [5.74, 6) is 0.0777. The number of hydrogen-bond acceptors (Lipinski definition) is 4. The highest BCUT2D eigenvalue weighted by Gasteiger charge is 2.38. The molecule has 2 atom stereocenters. The number of nitrogens with zero attached hydrogens (tertiary/aromatic N) is 1. The fourth-order valence-electron chi connectivity index (χ4n) is 2.56. The van der Waals surface area contributed by atoms with Crippen molar-refractivity contribution in [2.45, 2.75) is 6.92 Å². The van der Waals surface area contributed by atoms with E-state index in [4.69, 9.17) is 9.47 Å². The van der Waals surface area contributed by atoms with Crippen molar-refractivity contribution in [3.05, 3.63) is 28.2 Å². The third kappa shape index (κ3) is 3.20. The van der Waals surface area contributed by atoms with Crippen LogP contribution in [-0.2, 0) is 9.53 Å². The van der Waals surface area contributed by atoms with Gasteiger partial charge in [0.25, 0.3) is 5.91 Å². The fraction of sp³-hybridized carbons (Fsp3) is 0.467.